The molecule has 0 unspecified atom stereocenters. The smallest absolute Gasteiger partial charge is 0.254 e. The minimum Gasteiger partial charge on any atom is -0.352 e. The number of rotatable bonds is 6. The first-order valence-electron chi connectivity index (χ1n) is 6.59. The van der Waals surface area contributed by atoms with E-state index in [2.05, 4.69) is 5.32 Å². The zero-order valence-electron chi connectivity index (χ0n) is 11.2. The van der Waals surface area contributed by atoms with Crippen LogP contribution in [0.1, 0.15) is 36.0 Å². The van der Waals surface area contributed by atoms with Crippen LogP contribution in [0.15, 0.2) is 17.0 Å². The molecule has 116 valence electrons. The highest BCUT2D eigenvalue weighted by molar-refractivity contribution is 7.89. The van der Waals surface area contributed by atoms with Crippen molar-refractivity contribution in [2.45, 2.75) is 30.6 Å². The molecule has 1 amide bonds. The molecule has 0 aromatic heterocycles. The fourth-order valence-electron chi connectivity index (χ4n) is 2.03. The third kappa shape index (κ3) is 4.39. The van der Waals surface area contributed by atoms with Crippen LogP contribution in [-0.2, 0) is 10.0 Å². The van der Waals surface area contributed by atoms with E-state index in [4.69, 9.17) is 16.7 Å². The Hall–Kier alpha value is -1.18. The van der Waals surface area contributed by atoms with E-state index in [0.29, 0.717) is 6.54 Å². The van der Waals surface area contributed by atoms with E-state index < -0.39 is 32.2 Å². The highest BCUT2D eigenvalue weighted by atomic mass is 35.5. The first-order valence-corrected chi connectivity index (χ1v) is 8.51. The largest absolute Gasteiger partial charge is 0.352 e. The average Bonchev–Trinajstić information content (AvgIpc) is 3.19. The van der Waals surface area contributed by atoms with Crippen LogP contribution in [0.4, 0.5) is 4.39 Å². The topological polar surface area (TPSA) is 89.3 Å². The van der Waals surface area contributed by atoms with Crippen molar-refractivity contribution < 1.29 is 17.6 Å². The van der Waals surface area contributed by atoms with Crippen molar-refractivity contribution in [3.63, 3.8) is 0 Å². The van der Waals surface area contributed by atoms with E-state index in [1.54, 1.807) is 0 Å². The molecule has 0 spiro atoms. The lowest BCUT2D eigenvalue weighted by molar-refractivity contribution is 0.0948. The van der Waals surface area contributed by atoms with Crippen molar-refractivity contribution in [1.29, 1.82) is 0 Å². The summed E-state index contributed by atoms with van der Waals surface area (Å²) < 4.78 is 36.6. The number of hydrogen-bond acceptors (Lipinski definition) is 3. The van der Waals surface area contributed by atoms with Gasteiger partial charge < -0.3 is 5.32 Å². The molecule has 21 heavy (non-hydrogen) atoms. The summed E-state index contributed by atoms with van der Waals surface area (Å²) in [4.78, 5) is 11.1. The molecule has 1 aromatic carbocycles. The Balaban J connectivity index is 2.10. The summed E-state index contributed by atoms with van der Waals surface area (Å²) >= 11 is 5.72. The van der Waals surface area contributed by atoms with Gasteiger partial charge in [-0.1, -0.05) is 24.4 Å². The van der Waals surface area contributed by atoms with Gasteiger partial charge >= 0.3 is 0 Å². The Kier molecular flexibility index (Phi) is 4.85. The molecular weight excluding hydrogens is 319 g/mol. The molecule has 1 aromatic rings. The van der Waals surface area contributed by atoms with Gasteiger partial charge in [0.05, 0.1) is 5.56 Å². The number of nitrogens with two attached hydrogens (primary N) is 1. The van der Waals surface area contributed by atoms with E-state index in [-0.39, 0.29) is 5.02 Å². The minimum atomic E-state index is -4.28. The Morgan fingerprint density at radius 3 is 2.67 bits per heavy atom. The molecule has 1 aliphatic carbocycles. The summed E-state index contributed by atoms with van der Waals surface area (Å²) in [6.07, 6.45) is 4.30. The van der Waals surface area contributed by atoms with E-state index in [1.807, 2.05) is 0 Å². The number of halogens is 2. The number of sulfonamides is 1. The number of primary sulfonamides is 1. The molecule has 0 saturated heterocycles. The Bertz CT molecular complexity index is 660. The maximum atomic E-state index is 14.1. The van der Waals surface area contributed by atoms with E-state index in [1.165, 1.54) is 12.8 Å². The Morgan fingerprint density at radius 2 is 2.10 bits per heavy atom. The fourth-order valence-corrected chi connectivity index (χ4v) is 2.96. The standard InChI is InChI=1S/C13H16ClFN2O3S/c14-9-6-10(12(15)11(7-9)21(16,19)20)13(18)17-5-1-2-8-3-4-8/h6-8H,1-5H2,(H,17,18)(H2,16,19,20). The Morgan fingerprint density at radius 1 is 1.43 bits per heavy atom. The predicted octanol–water partition coefficient (Wildman–Crippen LogP) is 2.05. The number of carbonyl (C=O) groups is 1. The average molecular weight is 335 g/mol. The van der Waals surface area contributed by atoms with Gasteiger partial charge in [0.2, 0.25) is 10.0 Å². The lowest BCUT2D eigenvalue weighted by atomic mass is 10.2. The second-order valence-corrected chi connectivity index (χ2v) is 7.12. The van der Waals surface area contributed by atoms with E-state index in [9.17, 15) is 17.6 Å². The predicted molar refractivity (Wildman–Crippen MR) is 77.1 cm³/mol. The van der Waals surface area contributed by atoms with Crippen molar-refractivity contribution in [3.8, 4) is 0 Å². The molecule has 1 aliphatic rings. The van der Waals surface area contributed by atoms with Gasteiger partial charge in [0.15, 0.2) is 5.82 Å². The molecule has 1 fully saturated rings. The maximum Gasteiger partial charge on any atom is 0.254 e. The van der Waals surface area contributed by atoms with Gasteiger partial charge in [-0.3, -0.25) is 4.79 Å². The minimum absolute atomic E-state index is 0.0662. The summed E-state index contributed by atoms with van der Waals surface area (Å²) in [5.74, 6) is -1.13. The second-order valence-electron chi connectivity index (χ2n) is 5.15. The van der Waals surface area contributed by atoms with Crippen LogP contribution in [0, 0.1) is 11.7 Å². The summed E-state index contributed by atoms with van der Waals surface area (Å²) in [5.41, 5.74) is -0.419. The van der Waals surface area contributed by atoms with Crippen molar-refractivity contribution >= 4 is 27.5 Å². The van der Waals surface area contributed by atoms with Crippen LogP contribution in [0.25, 0.3) is 0 Å². The van der Waals surface area contributed by atoms with Crippen LogP contribution in [0.3, 0.4) is 0 Å². The van der Waals surface area contributed by atoms with Crippen LogP contribution in [0.2, 0.25) is 5.02 Å². The van der Waals surface area contributed by atoms with Crippen LogP contribution >= 0.6 is 11.6 Å². The van der Waals surface area contributed by atoms with Gasteiger partial charge in [0.1, 0.15) is 4.90 Å². The molecular formula is C13H16ClFN2O3S. The summed E-state index contributed by atoms with van der Waals surface area (Å²) in [5, 5.41) is 7.39. The Labute approximate surface area is 127 Å². The third-order valence-electron chi connectivity index (χ3n) is 3.33. The molecule has 2 rings (SSSR count). The van der Waals surface area contributed by atoms with Crippen molar-refractivity contribution in [3.05, 3.63) is 28.5 Å². The summed E-state index contributed by atoms with van der Waals surface area (Å²) in [7, 11) is -4.28. The third-order valence-corrected chi connectivity index (χ3v) is 4.46. The molecule has 0 aliphatic heterocycles. The molecule has 1 saturated carbocycles. The van der Waals surface area contributed by atoms with Crippen LogP contribution in [0.5, 0.6) is 0 Å². The summed E-state index contributed by atoms with van der Waals surface area (Å²) in [6.45, 7) is 0.409. The zero-order valence-corrected chi connectivity index (χ0v) is 12.8. The highest BCUT2D eigenvalue weighted by Gasteiger charge is 2.23. The van der Waals surface area contributed by atoms with Crippen molar-refractivity contribution in [2.75, 3.05) is 6.54 Å². The number of carbonyl (C=O) groups excluding carboxylic acids is 1. The zero-order chi connectivity index (χ0) is 15.6. The van der Waals surface area contributed by atoms with Crippen molar-refractivity contribution in [1.82, 2.24) is 5.32 Å². The van der Waals surface area contributed by atoms with Gasteiger partial charge in [-0.2, -0.15) is 0 Å². The van der Waals surface area contributed by atoms with Gasteiger partial charge in [-0.15, -0.1) is 0 Å². The monoisotopic (exact) mass is 334 g/mol. The second kappa shape index (κ2) is 6.29. The summed E-state index contributed by atoms with van der Waals surface area (Å²) in [6, 6.07) is 1.97. The van der Waals surface area contributed by atoms with E-state index in [0.717, 1.165) is 30.9 Å². The molecule has 0 atom stereocenters. The van der Waals surface area contributed by atoms with Crippen molar-refractivity contribution in [2.24, 2.45) is 11.1 Å². The molecule has 5 nitrogen and oxygen atoms in total. The number of benzene rings is 1. The SMILES string of the molecule is NS(=O)(=O)c1cc(Cl)cc(C(=O)NCCCC2CC2)c1F. The van der Waals surface area contributed by atoms with Gasteiger partial charge in [-0.25, -0.2) is 17.9 Å². The molecule has 0 bridgehead atoms. The number of hydrogen-bond donors (Lipinski definition) is 2. The first-order chi connectivity index (χ1) is 9.79. The van der Waals surface area contributed by atoms with Gasteiger partial charge in [0.25, 0.3) is 5.91 Å². The van der Waals surface area contributed by atoms with Gasteiger partial charge in [-0.05, 0) is 30.9 Å². The number of nitrogens with one attached hydrogen (secondary N) is 1. The highest BCUT2D eigenvalue weighted by Crippen LogP contribution is 2.33. The molecule has 8 heteroatoms. The fraction of sp³-hybridized carbons (Fsp3) is 0.462. The molecule has 0 radical (unpaired) electrons. The molecule has 0 heterocycles. The quantitative estimate of drug-likeness (QED) is 0.780. The number of amides is 1. The molecule has 3 N–H and O–H groups in total. The maximum absolute atomic E-state index is 14.1. The lowest BCUT2D eigenvalue weighted by Crippen LogP contribution is -2.26. The van der Waals surface area contributed by atoms with E-state index >= 15 is 0 Å². The van der Waals surface area contributed by atoms with Gasteiger partial charge in [0, 0.05) is 11.6 Å². The van der Waals surface area contributed by atoms with Crippen LogP contribution < -0.4 is 10.5 Å². The normalized spacial score (nSPS) is 15.0. The first kappa shape index (κ1) is 16.2. The van der Waals surface area contributed by atoms with Crippen LogP contribution in [-0.4, -0.2) is 20.9 Å². The lowest BCUT2D eigenvalue weighted by Gasteiger charge is -2.09.